The SMILES string of the molecule is Cc1ccc(CNC(=O)CSC[C@@H](N)C(=O)O)cc1F. The number of carboxylic acids is 1. The van der Waals surface area contributed by atoms with Crippen LogP contribution in [0.5, 0.6) is 0 Å². The Morgan fingerprint density at radius 1 is 1.50 bits per heavy atom. The molecule has 1 rings (SSSR count). The lowest BCUT2D eigenvalue weighted by Crippen LogP contribution is -2.33. The second kappa shape index (κ2) is 7.86. The summed E-state index contributed by atoms with van der Waals surface area (Å²) in [5, 5.41) is 11.2. The van der Waals surface area contributed by atoms with Crippen molar-refractivity contribution < 1.29 is 19.1 Å². The number of rotatable bonds is 7. The molecule has 7 heteroatoms. The molecule has 0 aromatic heterocycles. The highest BCUT2D eigenvalue weighted by Crippen LogP contribution is 2.09. The van der Waals surface area contributed by atoms with Crippen LogP contribution in [0.4, 0.5) is 4.39 Å². The number of aliphatic carboxylic acids is 1. The molecule has 0 aliphatic carbocycles. The van der Waals surface area contributed by atoms with Crippen LogP contribution in [-0.2, 0) is 16.1 Å². The van der Waals surface area contributed by atoms with Crippen LogP contribution in [0.2, 0.25) is 0 Å². The van der Waals surface area contributed by atoms with E-state index in [9.17, 15) is 14.0 Å². The first-order valence-electron chi connectivity index (χ1n) is 5.98. The maximum Gasteiger partial charge on any atom is 0.321 e. The fourth-order valence-electron chi connectivity index (χ4n) is 1.35. The Balaban J connectivity index is 2.29. The van der Waals surface area contributed by atoms with Gasteiger partial charge in [-0.15, -0.1) is 11.8 Å². The fourth-order valence-corrected chi connectivity index (χ4v) is 2.15. The molecule has 0 aliphatic heterocycles. The molecule has 0 saturated carbocycles. The molecule has 0 spiro atoms. The molecule has 0 heterocycles. The fraction of sp³-hybridized carbons (Fsp3) is 0.385. The predicted molar refractivity (Wildman–Crippen MR) is 75.9 cm³/mol. The molecule has 5 nitrogen and oxygen atoms in total. The van der Waals surface area contributed by atoms with E-state index in [0.29, 0.717) is 11.1 Å². The van der Waals surface area contributed by atoms with Gasteiger partial charge in [-0.1, -0.05) is 12.1 Å². The average Bonchev–Trinajstić information content (AvgIpc) is 2.40. The predicted octanol–water partition coefficient (Wildman–Crippen LogP) is 0.895. The zero-order chi connectivity index (χ0) is 15.1. The molecule has 1 aromatic rings. The summed E-state index contributed by atoms with van der Waals surface area (Å²) < 4.78 is 13.3. The number of amides is 1. The van der Waals surface area contributed by atoms with Gasteiger partial charge < -0.3 is 16.2 Å². The summed E-state index contributed by atoms with van der Waals surface area (Å²) in [7, 11) is 0. The highest BCUT2D eigenvalue weighted by atomic mass is 32.2. The van der Waals surface area contributed by atoms with E-state index in [2.05, 4.69) is 5.32 Å². The minimum atomic E-state index is -1.09. The van der Waals surface area contributed by atoms with Gasteiger partial charge in [0.1, 0.15) is 11.9 Å². The first-order chi connectivity index (χ1) is 9.40. The van der Waals surface area contributed by atoms with E-state index in [1.807, 2.05) is 0 Å². The Hall–Kier alpha value is -1.60. The normalized spacial score (nSPS) is 11.9. The van der Waals surface area contributed by atoms with Gasteiger partial charge in [-0.25, -0.2) is 4.39 Å². The molecular weight excluding hydrogens is 283 g/mol. The van der Waals surface area contributed by atoms with Crippen molar-refractivity contribution in [2.45, 2.75) is 19.5 Å². The van der Waals surface area contributed by atoms with E-state index in [1.54, 1.807) is 19.1 Å². The van der Waals surface area contributed by atoms with Gasteiger partial charge in [0.2, 0.25) is 5.91 Å². The Labute approximate surface area is 120 Å². The van der Waals surface area contributed by atoms with Crippen molar-refractivity contribution in [1.29, 1.82) is 0 Å². The maximum absolute atomic E-state index is 13.3. The molecule has 1 atom stereocenters. The maximum atomic E-state index is 13.3. The van der Waals surface area contributed by atoms with Crippen molar-refractivity contribution >= 4 is 23.6 Å². The van der Waals surface area contributed by atoms with Crippen LogP contribution in [0, 0.1) is 12.7 Å². The Kier molecular flexibility index (Phi) is 6.47. The van der Waals surface area contributed by atoms with Crippen molar-refractivity contribution in [2.24, 2.45) is 5.73 Å². The lowest BCUT2D eigenvalue weighted by molar-refractivity contribution is -0.138. The number of carbonyl (C=O) groups is 2. The molecule has 0 aliphatic rings. The van der Waals surface area contributed by atoms with Crippen molar-refractivity contribution in [1.82, 2.24) is 5.32 Å². The van der Waals surface area contributed by atoms with Crippen LogP contribution < -0.4 is 11.1 Å². The van der Waals surface area contributed by atoms with Crippen LogP contribution in [0.25, 0.3) is 0 Å². The summed E-state index contributed by atoms with van der Waals surface area (Å²) in [4.78, 5) is 22.0. The van der Waals surface area contributed by atoms with Gasteiger partial charge in [0, 0.05) is 12.3 Å². The summed E-state index contributed by atoms with van der Waals surface area (Å²) in [5.41, 5.74) is 6.53. The average molecular weight is 300 g/mol. The summed E-state index contributed by atoms with van der Waals surface area (Å²) in [6.07, 6.45) is 0. The molecule has 20 heavy (non-hydrogen) atoms. The third kappa shape index (κ3) is 5.58. The zero-order valence-corrected chi connectivity index (χ0v) is 11.9. The molecule has 110 valence electrons. The number of aryl methyl sites for hydroxylation is 1. The van der Waals surface area contributed by atoms with Crippen molar-refractivity contribution in [3.8, 4) is 0 Å². The molecule has 0 fully saturated rings. The number of halogens is 1. The molecule has 0 unspecified atom stereocenters. The van der Waals surface area contributed by atoms with Gasteiger partial charge in [-0.3, -0.25) is 9.59 Å². The monoisotopic (exact) mass is 300 g/mol. The van der Waals surface area contributed by atoms with Crippen molar-refractivity contribution in [3.63, 3.8) is 0 Å². The van der Waals surface area contributed by atoms with E-state index >= 15 is 0 Å². The van der Waals surface area contributed by atoms with Crippen LogP contribution in [0.1, 0.15) is 11.1 Å². The van der Waals surface area contributed by atoms with Crippen LogP contribution in [0.3, 0.4) is 0 Å². The Morgan fingerprint density at radius 2 is 2.20 bits per heavy atom. The van der Waals surface area contributed by atoms with E-state index < -0.39 is 12.0 Å². The summed E-state index contributed by atoms with van der Waals surface area (Å²) in [6, 6.07) is 3.80. The first kappa shape index (κ1) is 16.5. The number of carboxylic acid groups (broad SMARTS) is 1. The lowest BCUT2D eigenvalue weighted by atomic mass is 10.1. The second-order valence-electron chi connectivity index (χ2n) is 4.32. The summed E-state index contributed by atoms with van der Waals surface area (Å²) >= 11 is 1.15. The summed E-state index contributed by atoms with van der Waals surface area (Å²) in [6.45, 7) is 1.90. The minimum Gasteiger partial charge on any atom is -0.480 e. The third-order valence-electron chi connectivity index (χ3n) is 2.57. The zero-order valence-electron chi connectivity index (χ0n) is 11.1. The number of nitrogens with two attached hydrogens (primary N) is 1. The first-order valence-corrected chi connectivity index (χ1v) is 7.13. The van der Waals surface area contributed by atoms with E-state index in [1.165, 1.54) is 6.07 Å². The van der Waals surface area contributed by atoms with Crippen LogP contribution in [-0.4, -0.2) is 34.5 Å². The second-order valence-corrected chi connectivity index (χ2v) is 5.35. The molecular formula is C13H17FN2O3S. The topological polar surface area (TPSA) is 92.4 Å². The molecule has 1 amide bonds. The standard InChI is InChI=1S/C13H17FN2O3S/c1-8-2-3-9(4-10(8)14)5-16-12(17)7-20-6-11(15)13(18)19/h2-4,11H,5-7,15H2,1H3,(H,16,17)(H,18,19)/t11-/m1/s1. The highest BCUT2D eigenvalue weighted by molar-refractivity contribution is 8.00. The smallest absolute Gasteiger partial charge is 0.321 e. The number of nitrogens with one attached hydrogen (secondary N) is 1. The quantitative estimate of drug-likeness (QED) is 0.695. The van der Waals surface area contributed by atoms with Gasteiger partial charge >= 0.3 is 5.97 Å². The number of thioether (sulfide) groups is 1. The van der Waals surface area contributed by atoms with E-state index in [4.69, 9.17) is 10.8 Å². The van der Waals surface area contributed by atoms with Crippen LogP contribution in [0.15, 0.2) is 18.2 Å². The van der Waals surface area contributed by atoms with E-state index in [0.717, 1.165) is 11.8 Å². The largest absolute Gasteiger partial charge is 0.480 e. The van der Waals surface area contributed by atoms with E-state index in [-0.39, 0.29) is 29.8 Å². The molecule has 0 bridgehead atoms. The minimum absolute atomic E-state index is 0.120. The van der Waals surface area contributed by atoms with Gasteiger partial charge in [0.15, 0.2) is 0 Å². The molecule has 0 radical (unpaired) electrons. The van der Waals surface area contributed by atoms with Gasteiger partial charge in [0.25, 0.3) is 0 Å². The Bertz CT molecular complexity index is 497. The highest BCUT2D eigenvalue weighted by Gasteiger charge is 2.12. The van der Waals surface area contributed by atoms with Gasteiger partial charge in [0.05, 0.1) is 5.75 Å². The number of carbonyl (C=O) groups excluding carboxylic acids is 1. The Morgan fingerprint density at radius 3 is 2.80 bits per heavy atom. The number of benzene rings is 1. The van der Waals surface area contributed by atoms with Crippen molar-refractivity contribution in [3.05, 3.63) is 35.1 Å². The van der Waals surface area contributed by atoms with Crippen molar-refractivity contribution in [2.75, 3.05) is 11.5 Å². The molecule has 4 N–H and O–H groups in total. The lowest BCUT2D eigenvalue weighted by Gasteiger charge is -2.08. The number of hydrogen-bond donors (Lipinski definition) is 3. The summed E-state index contributed by atoms with van der Waals surface area (Å²) in [5.74, 6) is -1.35. The number of hydrogen-bond acceptors (Lipinski definition) is 4. The van der Waals surface area contributed by atoms with Gasteiger partial charge in [-0.2, -0.15) is 0 Å². The van der Waals surface area contributed by atoms with Crippen LogP contribution >= 0.6 is 11.8 Å². The van der Waals surface area contributed by atoms with Gasteiger partial charge in [-0.05, 0) is 24.1 Å². The third-order valence-corrected chi connectivity index (χ3v) is 3.63. The molecule has 0 saturated heterocycles. The molecule has 1 aromatic carbocycles.